The van der Waals surface area contributed by atoms with Gasteiger partial charge in [-0.3, -0.25) is 0 Å². The molecule has 12 heavy (non-hydrogen) atoms. The first-order valence-corrected chi connectivity index (χ1v) is 4.27. The molecule has 0 radical (unpaired) electrons. The Bertz CT molecular complexity index is 235. The molecule has 1 aromatic rings. The third-order valence-corrected chi connectivity index (χ3v) is 2.04. The Morgan fingerprint density at radius 2 is 2.00 bits per heavy atom. The van der Waals surface area contributed by atoms with Gasteiger partial charge in [-0.05, 0) is 17.7 Å². The fourth-order valence-electron chi connectivity index (χ4n) is 0.940. The summed E-state index contributed by atoms with van der Waals surface area (Å²) >= 11 is 5.60. The van der Waals surface area contributed by atoms with Crippen LogP contribution in [0.3, 0.4) is 0 Å². The maximum Gasteiger partial charge on any atom is 0.118 e. The van der Waals surface area contributed by atoms with Gasteiger partial charge in [-0.25, -0.2) is 0 Å². The summed E-state index contributed by atoms with van der Waals surface area (Å²) in [6, 6.07) is 7.51. The first kappa shape index (κ1) is 9.36. The Balaban J connectivity index is 2.77. The first-order valence-electron chi connectivity index (χ1n) is 3.73. The lowest BCUT2D eigenvalue weighted by Gasteiger charge is -2.08. The number of ether oxygens (including phenoxy) is 1. The van der Waals surface area contributed by atoms with E-state index >= 15 is 0 Å². The number of alkyl halides is 1. The Hall–Kier alpha value is -0.730. The number of benzene rings is 1. The highest BCUT2D eigenvalue weighted by Gasteiger charge is 2.02. The summed E-state index contributed by atoms with van der Waals surface area (Å²) in [6.07, 6.45) is 0. The molecule has 1 aromatic carbocycles. The number of halogens is 1. The van der Waals surface area contributed by atoms with Crippen LogP contribution < -0.4 is 10.5 Å². The summed E-state index contributed by atoms with van der Waals surface area (Å²) in [5.41, 5.74) is 6.75. The first-order chi connectivity index (χ1) is 5.77. The van der Waals surface area contributed by atoms with Crippen LogP contribution in [-0.4, -0.2) is 13.0 Å². The summed E-state index contributed by atoms with van der Waals surface area (Å²) in [6.45, 7) is 0. The molecule has 2 nitrogen and oxygen atoms in total. The van der Waals surface area contributed by atoms with Crippen LogP contribution in [0.25, 0.3) is 0 Å². The molecule has 3 heteroatoms. The van der Waals surface area contributed by atoms with Gasteiger partial charge in [-0.2, -0.15) is 0 Å². The van der Waals surface area contributed by atoms with E-state index < -0.39 is 0 Å². The van der Waals surface area contributed by atoms with Crippen molar-refractivity contribution in [3.8, 4) is 5.75 Å². The predicted molar refractivity (Wildman–Crippen MR) is 50.6 cm³/mol. The third kappa shape index (κ3) is 2.13. The smallest absolute Gasteiger partial charge is 0.118 e. The van der Waals surface area contributed by atoms with Crippen LogP contribution >= 0.6 is 11.6 Å². The minimum Gasteiger partial charge on any atom is -0.497 e. The largest absolute Gasteiger partial charge is 0.497 e. The summed E-state index contributed by atoms with van der Waals surface area (Å²) < 4.78 is 5.01. The van der Waals surface area contributed by atoms with Crippen molar-refractivity contribution in [3.63, 3.8) is 0 Å². The van der Waals surface area contributed by atoms with Crippen LogP contribution in [0.4, 0.5) is 0 Å². The van der Waals surface area contributed by atoms with Crippen LogP contribution in [0.5, 0.6) is 5.75 Å². The molecule has 0 fully saturated rings. The number of nitrogens with two attached hydrogens (primary N) is 1. The number of hydrogen-bond donors (Lipinski definition) is 1. The van der Waals surface area contributed by atoms with Crippen LogP contribution in [0, 0.1) is 0 Å². The van der Waals surface area contributed by atoms with Crippen molar-refractivity contribution in [2.75, 3.05) is 13.0 Å². The van der Waals surface area contributed by atoms with Gasteiger partial charge < -0.3 is 10.5 Å². The fourth-order valence-corrected chi connectivity index (χ4v) is 1.12. The van der Waals surface area contributed by atoms with Crippen LogP contribution in [-0.2, 0) is 0 Å². The van der Waals surface area contributed by atoms with Gasteiger partial charge in [0.1, 0.15) is 5.75 Å². The molecule has 0 aromatic heterocycles. The molecule has 1 atom stereocenters. The van der Waals surface area contributed by atoms with Gasteiger partial charge >= 0.3 is 0 Å². The molecule has 2 N–H and O–H groups in total. The lowest BCUT2D eigenvalue weighted by Crippen LogP contribution is -2.11. The number of hydrogen-bond acceptors (Lipinski definition) is 2. The van der Waals surface area contributed by atoms with Gasteiger partial charge in [-0.15, -0.1) is 11.6 Å². The van der Waals surface area contributed by atoms with Crippen molar-refractivity contribution in [2.45, 2.75) is 6.04 Å². The minimum absolute atomic E-state index is 0.0856. The molecule has 0 aliphatic rings. The topological polar surface area (TPSA) is 35.2 Å². The highest BCUT2D eigenvalue weighted by Crippen LogP contribution is 2.16. The summed E-state index contributed by atoms with van der Waals surface area (Å²) in [5, 5.41) is 0. The summed E-state index contributed by atoms with van der Waals surface area (Å²) in [4.78, 5) is 0. The SMILES string of the molecule is COc1ccc([C@H](N)CCl)cc1. The van der Waals surface area contributed by atoms with Crippen molar-refractivity contribution in [1.82, 2.24) is 0 Å². The second-order valence-electron chi connectivity index (χ2n) is 2.53. The Labute approximate surface area is 77.3 Å². The molecular weight excluding hydrogens is 174 g/mol. The van der Waals surface area contributed by atoms with E-state index in [1.807, 2.05) is 24.3 Å². The van der Waals surface area contributed by atoms with Gasteiger partial charge in [-0.1, -0.05) is 12.1 Å². The van der Waals surface area contributed by atoms with Crippen LogP contribution in [0.1, 0.15) is 11.6 Å². The zero-order valence-electron chi connectivity index (χ0n) is 6.96. The van der Waals surface area contributed by atoms with E-state index in [0.29, 0.717) is 5.88 Å². The van der Waals surface area contributed by atoms with E-state index in [0.717, 1.165) is 11.3 Å². The molecule has 0 spiro atoms. The van der Waals surface area contributed by atoms with Gasteiger partial charge in [0, 0.05) is 11.9 Å². The van der Waals surface area contributed by atoms with Crippen molar-refractivity contribution < 1.29 is 4.74 Å². The molecule has 0 saturated heterocycles. The summed E-state index contributed by atoms with van der Waals surface area (Å²) in [7, 11) is 1.64. The van der Waals surface area contributed by atoms with E-state index in [9.17, 15) is 0 Å². The molecule has 66 valence electrons. The predicted octanol–water partition coefficient (Wildman–Crippen LogP) is 1.93. The Morgan fingerprint density at radius 3 is 2.42 bits per heavy atom. The highest BCUT2D eigenvalue weighted by atomic mass is 35.5. The van der Waals surface area contributed by atoms with Gasteiger partial charge in [0.05, 0.1) is 7.11 Å². The molecular formula is C9H12ClNO. The molecule has 0 amide bonds. The lowest BCUT2D eigenvalue weighted by atomic mass is 10.1. The zero-order chi connectivity index (χ0) is 8.97. The number of rotatable bonds is 3. The van der Waals surface area contributed by atoms with Gasteiger partial charge in [0.25, 0.3) is 0 Å². The van der Waals surface area contributed by atoms with E-state index in [-0.39, 0.29) is 6.04 Å². The van der Waals surface area contributed by atoms with E-state index in [1.165, 1.54) is 0 Å². The van der Waals surface area contributed by atoms with Crippen molar-refractivity contribution >= 4 is 11.6 Å². The van der Waals surface area contributed by atoms with Crippen LogP contribution in [0.2, 0.25) is 0 Å². The molecule has 0 bridgehead atoms. The maximum absolute atomic E-state index is 5.71. The van der Waals surface area contributed by atoms with Crippen molar-refractivity contribution in [2.24, 2.45) is 5.73 Å². The van der Waals surface area contributed by atoms with Gasteiger partial charge in [0.15, 0.2) is 0 Å². The van der Waals surface area contributed by atoms with Gasteiger partial charge in [0.2, 0.25) is 0 Å². The molecule has 0 aliphatic heterocycles. The average molecular weight is 186 g/mol. The molecule has 0 aliphatic carbocycles. The van der Waals surface area contributed by atoms with Crippen molar-refractivity contribution in [1.29, 1.82) is 0 Å². The third-order valence-electron chi connectivity index (χ3n) is 1.71. The normalized spacial score (nSPS) is 12.6. The summed E-state index contributed by atoms with van der Waals surface area (Å²) in [5.74, 6) is 1.27. The molecule has 0 heterocycles. The molecule has 1 rings (SSSR count). The molecule has 0 saturated carbocycles. The fraction of sp³-hybridized carbons (Fsp3) is 0.333. The second kappa shape index (κ2) is 4.33. The van der Waals surface area contributed by atoms with Crippen molar-refractivity contribution in [3.05, 3.63) is 29.8 Å². The lowest BCUT2D eigenvalue weighted by molar-refractivity contribution is 0.414. The van der Waals surface area contributed by atoms with Crippen LogP contribution in [0.15, 0.2) is 24.3 Å². The highest BCUT2D eigenvalue weighted by molar-refractivity contribution is 6.18. The van der Waals surface area contributed by atoms with E-state index in [2.05, 4.69) is 0 Å². The number of methoxy groups -OCH3 is 1. The average Bonchev–Trinajstić information content (AvgIpc) is 2.17. The molecule has 0 unspecified atom stereocenters. The standard InChI is InChI=1S/C9H12ClNO/c1-12-8-4-2-7(3-5-8)9(11)6-10/h2-5,9H,6,11H2,1H3/t9-/m1/s1. The van der Waals surface area contributed by atoms with E-state index in [1.54, 1.807) is 7.11 Å². The second-order valence-corrected chi connectivity index (χ2v) is 2.84. The van der Waals surface area contributed by atoms with E-state index in [4.69, 9.17) is 22.1 Å². The minimum atomic E-state index is -0.0856. The monoisotopic (exact) mass is 185 g/mol. The Kier molecular flexibility index (Phi) is 3.38. The maximum atomic E-state index is 5.71. The quantitative estimate of drug-likeness (QED) is 0.731. The zero-order valence-corrected chi connectivity index (χ0v) is 7.71. The Morgan fingerprint density at radius 1 is 1.42 bits per heavy atom.